The van der Waals surface area contributed by atoms with E-state index in [0.29, 0.717) is 5.56 Å². The molecular formula is C30H43N5O5. The van der Waals surface area contributed by atoms with E-state index in [9.17, 15) is 4.79 Å². The van der Waals surface area contributed by atoms with Crippen molar-refractivity contribution in [1.29, 1.82) is 5.26 Å². The fourth-order valence-electron chi connectivity index (χ4n) is 3.35. The van der Waals surface area contributed by atoms with Crippen molar-refractivity contribution in [3.63, 3.8) is 0 Å². The number of benzene rings is 1. The molecule has 0 radical (unpaired) electrons. The topological polar surface area (TPSA) is 120 Å². The van der Waals surface area contributed by atoms with E-state index in [1.807, 2.05) is 69.6 Å². The van der Waals surface area contributed by atoms with Gasteiger partial charge >= 0.3 is 5.97 Å². The summed E-state index contributed by atoms with van der Waals surface area (Å²) in [6.45, 7) is 9.39. The zero-order valence-electron chi connectivity index (χ0n) is 24.9. The predicted molar refractivity (Wildman–Crippen MR) is 157 cm³/mol. The van der Waals surface area contributed by atoms with Gasteiger partial charge in [-0.1, -0.05) is 32.0 Å². The number of hydrogen-bond donors (Lipinski definition) is 1. The number of nitriles is 1. The van der Waals surface area contributed by atoms with Gasteiger partial charge in [-0.25, -0.2) is 14.3 Å². The maximum Gasteiger partial charge on any atom is 0.338 e. The number of hydrogen-bond acceptors (Lipinski definition) is 9. The number of anilines is 1. The highest BCUT2D eigenvalue weighted by Gasteiger charge is 2.30. The molecule has 3 heterocycles. The molecule has 0 bridgehead atoms. The van der Waals surface area contributed by atoms with Gasteiger partial charge in [0.2, 0.25) is 0 Å². The average molecular weight is 554 g/mol. The van der Waals surface area contributed by atoms with Gasteiger partial charge in [-0.3, -0.25) is 0 Å². The van der Waals surface area contributed by atoms with Gasteiger partial charge in [0.15, 0.2) is 11.6 Å². The van der Waals surface area contributed by atoms with Crippen molar-refractivity contribution in [3.8, 4) is 18.9 Å². The van der Waals surface area contributed by atoms with Gasteiger partial charge in [-0.15, -0.1) is 12.8 Å². The number of carbonyl (C=O) groups excluding carboxylic acids is 1. The summed E-state index contributed by atoms with van der Waals surface area (Å²) < 4.78 is 23.1. The molecule has 1 aliphatic heterocycles. The molecule has 0 saturated carbocycles. The lowest BCUT2D eigenvalue weighted by molar-refractivity contribution is -0.178. The number of terminal acetylenes is 1. The Labute approximate surface area is 238 Å². The van der Waals surface area contributed by atoms with E-state index in [4.69, 9.17) is 24.2 Å². The van der Waals surface area contributed by atoms with Gasteiger partial charge in [-0.2, -0.15) is 10.4 Å². The minimum atomic E-state index is -0.417. The Kier molecular flexibility index (Phi) is 18.0. The fraction of sp³-hybridized carbons (Fsp3) is 0.467. The lowest BCUT2D eigenvalue weighted by Crippen LogP contribution is -2.24. The largest absolute Gasteiger partial charge is 0.459 e. The molecule has 4 rings (SSSR count). The number of nitrogens with zero attached hydrogens (tertiary/aromatic N) is 4. The van der Waals surface area contributed by atoms with Gasteiger partial charge in [0.05, 0.1) is 23.4 Å². The third-order valence-electron chi connectivity index (χ3n) is 5.55. The molecule has 1 fully saturated rings. The Balaban J connectivity index is 0.000000920. The van der Waals surface area contributed by atoms with Crippen LogP contribution in [0.15, 0.2) is 48.8 Å². The van der Waals surface area contributed by atoms with E-state index in [-0.39, 0.29) is 24.8 Å². The van der Waals surface area contributed by atoms with Crippen LogP contribution in [0.3, 0.4) is 0 Å². The van der Waals surface area contributed by atoms with Crippen LogP contribution in [-0.2, 0) is 18.9 Å². The molecule has 1 aromatic carbocycles. The molecule has 10 heteroatoms. The molecule has 3 aromatic rings. The first-order chi connectivity index (χ1) is 19.3. The number of rotatable bonds is 7. The van der Waals surface area contributed by atoms with Crippen LogP contribution < -0.4 is 5.32 Å². The van der Waals surface area contributed by atoms with Crippen molar-refractivity contribution in [3.05, 3.63) is 60.0 Å². The van der Waals surface area contributed by atoms with Gasteiger partial charge in [0.1, 0.15) is 24.6 Å². The van der Waals surface area contributed by atoms with Gasteiger partial charge in [-0.05, 0) is 51.0 Å². The molecule has 0 aliphatic carbocycles. The first kappa shape index (κ1) is 36.0. The molecule has 0 amide bonds. The molecule has 1 aliphatic rings. The van der Waals surface area contributed by atoms with Crippen molar-refractivity contribution in [2.75, 3.05) is 33.2 Å². The summed E-state index contributed by atoms with van der Waals surface area (Å²) in [4.78, 5) is 16.3. The number of aromatic nitrogens is 3. The SMILES string of the molecule is C#C.CC.CC#N.CNc1ncnn2c([C@H]3CC[C@@H](COC(=O)c4ccccc4)O3)ccc12.COC(C)(C)OC. The molecule has 40 heavy (non-hydrogen) atoms. The molecular weight excluding hydrogens is 510 g/mol. The highest BCUT2D eigenvalue weighted by Crippen LogP contribution is 2.34. The summed E-state index contributed by atoms with van der Waals surface area (Å²) in [5.41, 5.74) is 2.44. The average Bonchev–Trinajstić information content (AvgIpc) is 3.66. The smallest absolute Gasteiger partial charge is 0.338 e. The van der Waals surface area contributed by atoms with E-state index >= 15 is 0 Å². The van der Waals surface area contributed by atoms with Crippen molar-refractivity contribution in [2.24, 2.45) is 0 Å². The van der Waals surface area contributed by atoms with E-state index in [1.165, 1.54) is 13.3 Å². The van der Waals surface area contributed by atoms with E-state index in [0.717, 1.165) is 29.9 Å². The third kappa shape index (κ3) is 11.4. The molecule has 0 unspecified atom stereocenters. The Bertz CT molecular complexity index is 1170. The van der Waals surface area contributed by atoms with Gasteiger partial charge < -0.3 is 24.3 Å². The van der Waals surface area contributed by atoms with Crippen molar-refractivity contribution >= 4 is 17.3 Å². The third-order valence-corrected chi connectivity index (χ3v) is 5.55. The Morgan fingerprint density at radius 3 is 2.27 bits per heavy atom. The minimum Gasteiger partial charge on any atom is -0.459 e. The van der Waals surface area contributed by atoms with Crippen LogP contribution >= 0.6 is 0 Å². The molecule has 0 spiro atoms. The number of nitrogens with one attached hydrogen (secondary N) is 1. The fourth-order valence-corrected chi connectivity index (χ4v) is 3.35. The summed E-state index contributed by atoms with van der Waals surface area (Å²) in [7, 11) is 5.06. The van der Waals surface area contributed by atoms with Crippen LogP contribution in [0.5, 0.6) is 0 Å². The summed E-state index contributed by atoms with van der Waals surface area (Å²) in [6, 6.07) is 14.7. The standard InChI is InChI=1S/C19H20N4O3.C5H12O2.C2H3N.C2H6.C2H2/c1-20-18-16-9-8-15(23(16)22-12-21-18)17-10-7-14(26-17)11-25-19(24)13-5-3-2-4-6-13;1-5(2,6-3)7-4;1-2-3;2*1-2/h2-6,8-9,12,14,17H,7,10-11H2,1H3,(H,20,21,22);1-4H3;1H3;1-2H3;1-2H/t14-,17+;;;;/m0..../s1. The van der Waals surface area contributed by atoms with Gasteiger partial charge in [0, 0.05) is 28.2 Å². The number of carbonyl (C=O) groups is 1. The van der Waals surface area contributed by atoms with Crippen LogP contribution in [0, 0.1) is 24.2 Å². The summed E-state index contributed by atoms with van der Waals surface area (Å²) >= 11 is 0. The lowest BCUT2D eigenvalue weighted by Gasteiger charge is -2.19. The van der Waals surface area contributed by atoms with Crippen molar-refractivity contribution in [2.45, 2.75) is 65.5 Å². The molecule has 1 N–H and O–H groups in total. The Morgan fingerprint density at radius 1 is 1.15 bits per heavy atom. The first-order valence-corrected chi connectivity index (χ1v) is 12.9. The molecule has 1 saturated heterocycles. The lowest BCUT2D eigenvalue weighted by atomic mass is 10.1. The zero-order valence-corrected chi connectivity index (χ0v) is 24.9. The monoisotopic (exact) mass is 553 g/mol. The normalized spacial score (nSPS) is 15.2. The predicted octanol–water partition coefficient (Wildman–Crippen LogP) is 5.67. The summed E-state index contributed by atoms with van der Waals surface area (Å²) in [5, 5.41) is 14.7. The first-order valence-electron chi connectivity index (χ1n) is 12.9. The molecule has 10 nitrogen and oxygen atoms in total. The number of fused-ring (bicyclic) bond motifs is 1. The maximum absolute atomic E-state index is 12.1. The van der Waals surface area contributed by atoms with Gasteiger partial charge in [0.25, 0.3) is 0 Å². The van der Waals surface area contributed by atoms with Crippen molar-refractivity contribution < 1.29 is 23.7 Å². The number of ether oxygens (including phenoxy) is 4. The molecule has 2 atom stereocenters. The highest BCUT2D eigenvalue weighted by atomic mass is 16.7. The molecule has 2 aromatic heterocycles. The van der Waals surface area contributed by atoms with Crippen LogP contribution in [0.1, 0.15) is 69.6 Å². The second-order valence-electron chi connectivity index (χ2n) is 8.23. The minimum absolute atomic E-state index is 0.0717. The Hall–Kier alpha value is -3.96. The van der Waals surface area contributed by atoms with Crippen LogP contribution in [0.2, 0.25) is 0 Å². The molecule has 218 valence electrons. The second kappa shape index (κ2) is 20.0. The van der Waals surface area contributed by atoms with Crippen LogP contribution in [-0.4, -0.2) is 60.3 Å². The zero-order chi connectivity index (χ0) is 30.6. The summed E-state index contributed by atoms with van der Waals surface area (Å²) in [6.07, 6.45) is 11.0. The summed E-state index contributed by atoms with van der Waals surface area (Å²) in [5.74, 6) is 0.0368. The second-order valence-corrected chi connectivity index (χ2v) is 8.23. The maximum atomic E-state index is 12.1. The quantitative estimate of drug-likeness (QED) is 0.224. The number of methoxy groups -OCH3 is 2. The Morgan fingerprint density at radius 2 is 1.75 bits per heavy atom. The highest BCUT2D eigenvalue weighted by molar-refractivity contribution is 5.89. The number of esters is 1. The van der Waals surface area contributed by atoms with Crippen LogP contribution in [0.25, 0.3) is 5.52 Å². The van der Waals surface area contributed by atoms with Crippen molar-refractivity contribution in [1.82, 2.24) is 14.6 Å². The van der Waals surface area contributed by atoms with Crippen LogP contribution in [0.4, 0.5) is 5.82 Å². The van der Waals surface area contributed by atoms with E-state index < -0.39 is 5.79 Å². The van der Waals surface area contributed by atoms with E-state index in [2.05, 4.69) is 28.2 Å². The van der Waals surface area contributed by atoms with E-state index in [1.54, 1.807) is 32.4 Å².